The van der Waals surface area contributed by atoms with Gasteiger partial charge in [-0.25, -0.2) is 4.79 Å². The third-order valence-electron chi connectivity index (χ3n) is 5.13. The van der Waals surface area contributed by atoms with Gasteiger partial charge in [-0.1, -0.05) is 36.4 Å². The molecule has 2 bridgehead atoms. The maximum atomic E-state index is 12.5. The van der Waals surface area contributed by atoms with Crippen LogP contribution in [0.2, 0.25) is 0 Å². The monoisotopic (exact) mass is 353 g/mol. The Kier molecular flexibility index (Phi) is 4.58. The number of carbonyl (C=O) groups is 1. The Balaban J connectivity index is 1.86. The van der Waals surface area contributed by atoms with Crippen molar-refractivity contribution in [2.45, 2.75) is 57.8 Å². The minimum Gasteiger partial charge on any atom is -0.444 e. The van der Waals surface area contributed by atoms with Gasteiger partial charge in [-0.2, -0.15) is 5.26 Å². The van der Waals surface area contributed by atoms with Gasteiger partial charge in [0, 0.05) is 30.2 Å². The quantitative estimate of drug-likeness (QED) is 0.814. The molecule has 1 aromatic carbocycles. The molecule has 0 spiro atoms. The van der Waals surface area contributed by atoms with Crippen LogP contribution in [0.5, 0.6) is 0 Å². The lowest BCUT2D eigenvalue weighted by atomic mass is 9.89. The molecule has 5 nitrogen and oxygen atoms in total. The van der Waals surface area contributed by atoms with Crippen LogP contribution in [-0.2, 0) is 10.3 Å². The van der Waals surface area contributed by atoms with Crippen molar-refractivity contribution >= 4 is 6.09 Å². The zero-order valence-corrected chi connectivity index (χ0v) is 16.2. The first-order valence-corrected chi connectivity index (χ1v) is 9.07. The van der Waals surface area contributed by atoms with E-state index >= 15 is 0 Å². The Hall–Kier alpha value is -2.32. The summed E-state index contributed by atoms with van der Waals surface area (Å²) in [4.78, 5) is 16.6. The normalized spacial score (nSPS) is 23.4. The highest BCUT2D eigenvalue weighted by molar-refractivity contribution is 5.69. The van der Waals surface area contributed by atoms with Gasteiger partial charge in [0.15, 0.2) is 0 Å². The average Bonchev–Trinajstić information content (AvgIpc) is 2.81. The van der Waals surface area contributed by atoms with Gasteiger partial charge in [-0.15, -0.1) is 0 Å². The molecule has 2 aliphatic rings. The molecule has 26 heavy (non-hydrogen) atoms. The second-order valence-corrected chi connectivity index (χ2v) is 8.53. The second-order valence-electron chi connectivity index (χ2n) is 8.53. The Labute approximate surface area is 155 Å². The molecular weight excluding hydrogens is 326 g/mol. The van der Waals surface area contributed by atoms with E-state index in [0.717, 1.165) is 5.57 Å². The number of rotatable bonds is 2. The summed E-state index contributed by atoms with van der Waals surface area (Å²) in [5.74, 6) is 0. The van der Waals surface area contributed by atoms with Crippen molar-refractivity contribution in [2.24, 2.45) is 0 Å². The Morgan fingerprint density at radius 2 is 1.81 bits per heavy atom. The molecule has 0 unspecified atom stereocenters. The topological polar surface area (TPSA) is 56.6 Å². The number of ether oxygens (including phenoxy) is 1. The van der Waals surface area contributed by atoms with Gasteiger partial charge < -0.3 is 9.64 Å². The first-order chi connectivity index (χ1) is 12.1. The smallest absolute Gasteiger partial charge is 0.410 e. The molecule has 1 saturated heterocycles. The zero-order valence-electron chi connectivity index (χ0n) is 16.2. The summed E-state index contributed by atoms with van der Waals surface area (Å²) < 4.78 is 5.54. The van der Waals surface area contributed by atoms with Crippen molar-refractivity contribution in [3.05, 3.63) is 47.5 Å². The third-order valence-corrected chi connectivity index (χ3v) is 5.13. The fraction of sp³-hybridized carbons (Fsp3) is 0.524. The molecule has 1 fully saturated rings. The van der Waals surface area contributed by atoms with Crippen LogP contribution in [0.15, 0.2) is 42.0 Å². The fourth-order valence-corrected chi connectivity index (χ4v) is 4.00. The van der Waals surface area contributed by atoms with Gasteiger partial charge >= 0.3 is 6.09 Å². The average molecular weight is 353 g/mol. The summed E-state index contributed by atoms with van der Waals surface area (Å²) in [6.45, 7) is 11.0. The summed E-state index contributed by atoms with van der Waals surface area (Å²) in [5, 5.41) is 9.60. The number of fused-ring (bicyclic) bond motifs is 2. The van der Waals surface area contributed by atoms with Crippen LogP contribution in [0.3, 0.4) is 0 Å². The molecule has 0 aliphatic carbocycles. The van der Waals surface area contributed by atoms with Crippen LogP contribution >= 0.6 is 0 Å². The number of carbonyl (C=O) groups excluding carboxylic acids is 1. The molecule has 0 aromatic heterocycles. The molecule has 5 heteroatoms. The van der Waals surface area contributed by atoms with Crippen molar-refractivity contribution in [2.75, 3.05) is 13.1 Å². The van der Waals surface area contributed by atoms with Crippen molar-refractivity contribution in [1.82, 2.24) is 9.80 Å². The molecule has 0 N–H and O–H groups in total. The number of benzene rings is 1. The molecule has 0 radical (unpaired) electrons. The molecule has 1 amide bonds. The number of nitriles is 1. The van der Waals surface area contributed by atoms with Gasteiger partial charge in [-0.05, 0) is 40.2 Å². The molecule has 138 valence electrons. The maximum Gasteiger partial charge on any atom is 0.410 e. The van der Waals surface area contributed by atoms with E-state index in [2.05, 4.69) is 36.9 Å². The Morgan fingerprint density at radius 1 is 1.15 bits per heavy atom. The molecule has 2 atom stereocenters. The number of amides is 1. The highest BCUT2D eigenvalue weighted by Gasteiger charge is 2.49. The van der Waals surface area contributed by atoms with E-state index < -0.39 is 5.60 Å². The molecule has 2 heterocycles. The van der Waals surface area contributed by atoms with Gasteiger partial charge in [0.2, 0.25) is 0 Å². The van der Waals surface area contributed by atoms with Crippen molar-refractivity contribution in [1.29, 1.82) is 5.26 Å². The third kappa shape index (κ3) is 3.34. The summed E-state index contributed by atoms with van der Waals surface area (Å²) in [6, 6.07) is 12.5. The lowest BCUT2D eigenvalue weighted by molar-refractivity contribution is -0.0223. The van der Waals surface area contributed by atoms with E-state index in [-0.39, 0.29) is 23.7 Å². The second kappa shape index (κ2) is 6.44. The van der Waals surface area contributed by atoms with Crippen molar-refractivity contribution < 1.29 is 9.53 Å². The highest BCUT2D eigenvalue weighted by atomic mass is 16.6. The summed E-state index contributed by atoms with van der Waals surface area (Å²) in [7, 11) is 0. The Bertz CT molecular complexity index is 756. The predicted octanol–water partition coefficient (Wildman–Crippen LogP) is 3.68. The zero-order chi connectivity index (χ0) is 19.1. The predicted molar refractivity (Wildman–Crippen MR) is 100 cm³/mol. The van der Waals surface area contributed by atoms with Gasteiger partial charge in [0.05, 0.1) is 12.1 Å². The molecule has 3 rings (SSSR count). The lowest BCUT2D eigenvalue weighted by Crippen LogP contribution is -2.62. The van der Waals surface area contributed by atoms with E-state index in [1.54, 1.807) is 4.90 Å². The van der Waals surface area contributed by atoms with Crippen LogP contribution in [0.4, 0.5) is 4.79 Å². The lowest BCUT2D eigenvalue weighted by Gasteiger charge is -2.49. The fourth-order valence-electron chi connectivity index (χ4n) is 4.00. The number of piperazine rings is 1. The maximum absolute atomic E-state index is 12.5. The molecular formula is C21H27N3O2. The highest BCUT2D eigenvalue weighted by Crippen LogP contribution is 2.40. The number of hydrogen-bond donors (Lipinski definition) is 0. The van der Waals surface area contributed by atoms with E-state index in [0.29, 0.717) is 13.1 Å². The van der Waals surface area contributed by atoms with Crippen molar-refractivity contribution in [3.8, 4) is 6.07 Å². The van der Waals surface area contributed by atoms with Gasteiger partial charge in [-0.3, -0.25) is 4.90 Å². The molecule has 2 aliphatic heterocycles. The minimum absolute atomic E-state index is 0.00567. The van der Waals surface area contributed by atoms with E-state index in [9.17, 15) is 10.1 Å². The van der Waals surface area contributed by atoms with Crippen molar-refractivity contribution in [3.63, 3.8) is 0 Å². The first-order valence-electron chi connectivity index (χ1n) is 9.07. The van der Waals surface area contributed by atoms with Crippen LogP contribution in [0.1, 0.15) is 40.2 Å². The molecule has 1 aromatic rings. The van der Waals surface area contributed by atoms with Crippen LogP contribution in [0, 0.1) is 11.3 Å². The van der Waals surface area contributed by atoms with Crippen LogP contribution in [0.25, 0.3) is 0 Å². The summed E-state index contributed by atoms with van der Waals surface area (Å²) in [5.41, 5.74) is 1.17. The number of hydrogen-bond acceptors (Lipinski definition) is 4. The SMILES string of the molecule is CC(C)(C)OC(=O)N1C[C@H]2C=C(C#N)[C@@H](C1)N2C(C)(C)c1ccccc1. The van der Waals surface area contributed by atoms with Gasteiger partial charge in [0.1, 0.15) is 5.60 Å². The van der Waals surface area contributed by atoms with E-state index in [4.69, 9.17) is 4.74 Å². The summed E-state index contributed by atoms with van der Waals surface area (Å²) >= 11 is 0. The van der Waals surface area contributed by atoms with E-state index in [1.165, 1.54) is 5.56 Å². The standard InChI is InChI=1S/C21H27N3O2/c1-20(2,3)26-19(25)23-13-17-11-15(12-22)18(14-23)24(17)21(4,5)16-9-7-6-8-10-16/h6-11,17-18H,13-14H2,1-5H3/t17-,18-/m1/s1. The van der Waals surface area contributed by atoms with Crippen LogP contribution < -0.4 is 0 Å². The number of nitrogens with zero attached hydrogens (tertiary/aromatic N) is 3. The first kappa shape index (κ1) is 18.5. The Morgan fingerprint density at radius 3 is 2.38 bits per heavy atom. The molecule has 0 saturated carbocycles. The minimum atomic E-state index is -0.526. The van der Waals surface area contributed by atoms with Crippen LogP contribution in [-0.4, -0.2) is 46.7 Å². The van der Waals surface area contributed by atoms with E-state index in [1.807, 2.05) is 45.0 Å². The largest absolute Gasteiger partial charge is 0.444 e. The van der Waals surface area contributed by atoms with Gasteiger partial charge in [0.25, 0.3) is 0 Å². The summed E-state index contributed by atoms with van der Waals surface area (Å²) in [6.07, 6.45) is 1.71.